The minimum atomic E-state index is -0.583. The van der Waals surface area contributed by atoms with Gasteiger partial charge in [-0.1, -0.05) is 66.2 Å². The third-order valence-corrected chi connectivity index (χ3v) is 6.02. The fraction of sp³-hybridized carbons (Fsp3) is 0.167. The normalized spacial score (nSPS) is 14.7. The Morgan fingerprint density at radius 2 is 1.61 bits per heavy atom. The molecule has 6 nitrogen and oxygen atoms in total. The molecule has 0 saturated heterocycles. The monoisotopic (exact) mass is 478 g/mol. The Hall–Kier alpha value is -4.63. The Balaban J connectivity index is 1.64. The maximum Gasteiger partial charge on any atom is 0.271 e. The van der Waals surface area contributed by atoms with Crippen molar-refractivity contribution < 1.29 is 19.1 Å². The van der Waals surface area contributed by atoms with E-state index in [1.54, 1.807) is 32.2 Å². The van der Waals surface area contributed by atoms with E-state index >= 15 is 0 Å². The fourth-order valence-corrected chi connectivity index (χ4v) is 3.94. The molecule has 6 heteroatoms. The van der Waals surface area contributed by atoms with Crippen molar-refractivity contribution >= 4 is 17.9 Å². The minimum absolute atomic E-state index is 0.0391. The second-order valence-electron chi connectivity index (χ2n) is 8.54. The van der Waals surface area contributed by atoms with Gasteiger partial charge >= 0.3 is 0 Å². The van der Waals surface area contributed by atoms with Crippen LogP contribution in [0.3, 0.4) is 0 Å². The van der Waals surface area contributed by atoms with Crippen molar-refractivity contribution in [3.8, 4) is 17.6 Å². The van der Waals surface area contributed by atoms with Gasteiger partial charge in [-0.15, -0.1) is 0 Å². The number of nitriles is 1. The standard InChI is InChI=1S/C30H26N2O4/c1-20-9-11-22(12-10-20)18-32-29(33)25(21(2)26(17-31)30(32)34)15-24-13-14-27(28(16-24)35-3)36-19-23-7-5-4-6-8-23/h4-16H,18-19H2,1-3H3/b25-15+. The Morgan fingerprint density at radius 1 is 0.889 bits per heavy atom. The van der Waals surface area contributed by atoms with E-state index in [-0.39, 0.29) is 12.1 Å². The van der Waals surface area contributed by atoms with Crippen LogP contribution in [0, 0.1) is 18.3 Å². The van der Waals surface area contributed by atoms with E-state index in [4.69, 9.17) is 9.47 Å². The molecule has 1 aliphatic rings. The first-order valence-electron chi connectivity index (χ1n) is 11.5. The molecule has 0 N–H and O–H groups in total. The molecule has 4 rings (SSSR count). The Morgan fingerprint density at radius 3 is 2.28 bits per heavy atom. The van der Waals surface area contributed by atoms with E-state index in [1.165, 1.54) is 0 Å². The largest absolute Gasteiger partial charge is 0.493 e. The molecule has 0 saturated carbocycles. The molecule has 0 fully saturated rings. The lowest BCUT2D eigenvalue weighted by Gasteiger charge is -2.27. The molecule has 0 atom stereocenters. The van der Waals surface area contributed by atoms with Crippen molar-refractivity contribution in [1.29, 1.82) is 5.26 Å². The quantitative estimate of drug-likeness (QED) is 0.337. The summed E-state index contributed by atoms with van der Waals surface area (Å²) in [6.07, 6.45) is 1.67. The summed E-state index contributed by atoms with van der Waals surface area (Å²) in [5, 5.41) is 9.66. The van der Waals surface area contributed by atoms with E-state index in [0.717, 1.165) is 21.6 Å². The first kappa shape index (κ1) is 24.5. The van der Waals surface area contributed by atoms with Crippen LogP contribution in [0.4, 0.5) is 0 Å². The topological polar surface area (TPSA) is 79.6 Å². The number of nitrogens with zero attached hydrogens (tertiary/aromatic N) is 2. The van der Waals surface area contributed by atoms with Gasteiger partial charge in [-0.25, -0.2) is 0 Å². The van der Waals surface area contributed by atoms with Crippen LogP contribution in [0.25, 0.3) is 6.08 Å². The summed E-state index contributed by atoms with van der Waals surface area (Å²) in [7, 11) is 1.55. The highest BCUT2D eigenvalue weighted by atomic mass is 16.5. The van der Waals surface area contributed by atoms with Crippen molar-refractivity contribution in [1.82, 2.24) is 4.90 Å². The van der Waals surface area contributed by atoms with Crippen LogP contribution in [0.5, 0.6) is 11.5 Å². The van der Waals surface area contributed by atoms with Gasteiger partial charge < -0.3 is 9.47 Å². The van der Waals surface area contributed by atoms with Crippen LogP contribution in [-0.4, -0.2) is 23.8 Å². The summed E-state index contributed by atoms with van der Waals surface area (Å²) in [4.78, 5) is 27.5. The number of rotatable bonds is 7. The number of benzene rings is 3. The van der Waals surface area contributed by atoms with Crippen LogP contribution in [-0.2, 0) is 22.7 Å². The zero-order valence-corrected chi connectivity index (χ0v) is 20.4. The zero-order chi connectivity index (χ0) is 25.7. The van der Waals surface area contributed by atoms with Crippen molar-refractivity contribution in [3.05, 3.63) is 112 Å². The molecule has 0 radical (unpaired) electrons. The molecular formula is C30H26N2O4. The van der Waals surface area contributed by atoms with E-state index < -0.39 is 11.8 Å². The van der Waals surface area contributed by atoms with Gasteiger partial charge in [-0.2, -0.15) is 5.26 Å². The molecular weight excluding hydrogens is 452 g/mol. The number of hydrogen-bond donors (Lipinski definition) is 0. The van der Waals surface area contributed by atoms with Gasteiger partial charge in [0.05, 0.1) is 13.7 Å². The molecule has 1 heterocycles. The molecule has 180 valence electrons. The van der Waals surface area contributed by atoms with Gasteiger partial charge in [-0.05, 0) is 54.3 Å². The lowest BCUT2D eigenvalue weighted by atomic mass is 9.93. The van der Waals surface area contributed by atoms with Crippen molar-refractivity contribution in [2.45, 2.75) is 27.0 Å². The van der Waals surface area contributed by atoms with Crippen molar-refractivity contribution in [2.75, 3.05) is 7.11 Å². The number of carbonyl (C=O) groups excluding carboxylic acids is 2. The predicted molar refractivity (Wildman–Crippen MR) is 137 cm³/mol. The van der Waals surface area contributed by atoms with Gasteiger partial charge in [0.2, 0.25) is 0 Å². The van der Waals surface area contributed by atoms with E-state index in [1.807, 2.05) is 73.7 Å². The SMILES string of the molecule is COc1cc(/C=C2/C(=O)N(Cc3ccc(C)cc3)C(=O)C(C#N)=C2C)ccc1OCc1ccccc1. The molecule has 0 aromatic heterocycles. The maximum atomic E-state index is 13.4. The third kappa shape index (κ3) is 5.21. The van der Waals surface area contributed by atoms with Crippen LogP contribution < -0.4 is 9.47 Å². The number of methoxy groups -OCH3 is 1. The van der Waals surface area contributed by atoms with E-state index in [9.17, 15) is 14.9 Å². The zero-order valence-electron chi connectivity index (χ0n) is 20.4. The smallest absolute Gasteiger partial charge is 0.271 e. The lowest BCUT2D eigenvalue weighted by Crippen LogP contribution is -2.42. The molecule has 36 heavy (non-hydrogen) atoms. The Labute approximate surface area is 210 Å². The number of ether oxygens (including phenoxy) is 2. The number of carbonyl (C=O) groups is 2. The summed E-state index contributed by atoms with van der Waals surface area (Å²) < 4.78 is 11.4. The average Bonchev–Trinajstić information content (AvgIpc) is 2.90. The first-order valence-corrected chi connectivity index (χ1v) is 11.5. The van der Waals surface area contributed by atoms with Crippen LogP contribution in [0.15, 0.2) is 89.5 Å². The molecule has 1 aliphatic heterocycles. The summed E-state index contributed by atoms with van der Waals surface area (Å²) in [6.45, 7) is 4.06. The van der Waals surface area contributed by atoms with Gasteiger partial charge in [0.1, 0.15) is 18.2 Å². The average molecular weight is 479 g/mol. The van der Waals surface area contributed by atoms with Gasteiger partial charge in [0, 0.05) is 5.57 Å². The first-order chi connectivity index (χ1) is 17.4. The second-order valence-corrected chi connectivity index (χ2v) is 8.54. The number of aryl methyl sites for hydroxylation is 1. The minimum Gasteiger partial charge on any atom is -0.493 e. The molecule has 2 amide bonds. The second kappa shape index (κ2) is 10.7. The molecule has 3 aromatic rings. The lowest BCUT2D eigenvalue weighted by molar-refractivity contribution is -0.141. The number of hydrogen-bond acceptors (Lipinski definition) is 5. The fourth-order valence-electron chi connectivity index (χ4n) is 3.94. The van der Waals surface area contributed by atoms with E-state index in [2.05, 4.69) is 0 Å². The summed E-state index contributed by atoms with van der Waals surface area (Å²) in [5.41, 5.74) is 4.21. The molecule has 0 unspecified atom stereocenters. The van der Waals surface area contributed by atoms with E-state index in [0.29, 0.717) is 34.8 Å². The van der Waals surface area contributed by atoms with Crippen LogP contribution >= 0.6 is 0 Å². The van der Waals surface area contributed by atoms with Gasteiger partial charge in [0.15, 0.2) is 11.5 Å². The van der Waals surface area contributed by atoms with Crippen molar-refractivity contribution in [3.63, 3.8) is 0 Å². The highest BCUT2D eigenvalue weighted by Crippen LogP contribution is 2.32. The number of imide groups is 1. The highest BCUT2D eigenvalue weighted by molar-refractivity contribution is 6.19. The molecule has 0 spiro atoms. The third-order valence-electron chi connectivity index (χ3n) is 6.02. The summed E-state index contributed by atoms with van der Waals surface area (Å²) in [5.74, 6) is 0.0540. The molecule has 3 aromatic carbocycles. The van der Waals surface area contributed by atoms with Crippen LogP contribution in [0.1, 0.15) is 29.2 Å². The maximum absolute atomic E-state index is 13.4. The van der Waals surface area contributed by atoms with Gasteiger partial charge in [0.25, 0.3) is 11.8 Å². The van der Waals surface area contributed by atoms with Gasteiger partial charge in [-0.3, -0.25) is 14.5 Å². The molecule has 0 bridgehead atoms. The Bertz CT molecular complexity index is 1400. The van der Waals surface area contributed by atoms with Crippen molar-refractivity contribution in [2.24, 2.45) is 0 Å². The molecule has 0 aliphatic carbocycles. The Kier molecular flexibility index (Phi) is 7.31. The predicted octanol–water partition coefficient (Wildman–Crippen LogP) is 5.38. The number of amides is 2. The highest BCUT2D eigenvalue weighted by Gasteiger charge is 2.35. The summed E-state index contributed by atoms with van der Waals surface area (Å²) in [6, 6.07) is 24.7. The summed E-state index contributed by atoms with van der Waals surface area (Å²) >= 11 is 0. The van der Waals surface area contributed by atoms with Crippen LogP contribution in [0.2, 0.25) is 0 Å².